The molecule has 1 heterocycles. The summed E-state index contributed by atoms with van der Waals surface area (Å²) in [5.41, 5.74) is -0.368. The number of hydrogen-bond acceptors (Lipinski definition) is 4. The normalized spacial score (nSPS) is 15.0. The van der Waals surface area contributed by atoms with E-state index < -0.39 is 29.2 Å². The van der Waals surface area contributed by atoms with Crippen LogP contribution in [0.2, 0.25) is 0 Å². The fourth-order valence-corrected chi connectivity index (χ4v) is 3.40. The van der Waals surface area contributed by atoms with Gasteiger partial charge in [0, 0.05) is 38.4 Å². The first kappa shape index (κ1) is 21.6. The van der Waals surface area contributed by atoms with Crippen LogP contribution < -0.4 is 4.90 Å². The molecule has 2 aromatic carbocycles. The monoisotopic (exact) mass is 421 g/mol. The molecule has 0 atom stereocenters. The molecule has 0 amide bonds. The number of carbonyl (C=O) groups excluding carboxylic acids is 1. The minimum atomic E-state index is -4.59. The number of alkyl halides is 3. The van der Waals surface area contributed by atoms with Crippen LogP contribution in [0.3, 0.4) is 0 Å². The van der Waals surface area contributed by atoms with Crippen LogP contribution in [-0.2, 0) is 17.5 Å². The molecule has 0 radical (unpaired) electrons. The van der Waals surface area contributed by atoms with Gasteiger partial charge < -0.3 is 9.64 Å². The van der Waals surface area contributed by atoms with E-state index in [0.29, 0.717) is 44.0 Å². The van der Waals surface area contributed by atoms with Crippen molar-refractivity contribution in [3.8, 4) is 0 Å². The van der Waals surface area contributed by atoms with Crippen molar-refractivity contribution in [1.29, 1.82) is 0 Å². The zero-order valence-electron chi connectivity index (χ0n) is 16.2. The maximum Gasteiger partial charge on any atom is 0.407 e. The summed E-state index contributed by atoms with van der Waals surface area (Å²) in [7, 11) is 1.18. The molecule has 1 saturated heterocycles. The Bertz CT molecular complexity index is 977. The Hall–Kier alpha value is -3.12. The van der Waals surface area contributed by atoms with E-state index in [9.17, 15) is 22.4 Å². The number of nitrogens with zero attached hydrogens (tertiary/aromatic N) is 3. The van der Waals surface area contributed by atoms with Crippen molar-refractivity contribution in [2.45, 2.75) is 12.7 Å². The number of methoxy groups -OCH3 is 1. The van der Waals surface area contributed by atoms with E-state index in [1.54, 1.807) is 6.07 Å². The molecule has 2 aromatic rings. The third-order valence-electron chi connectivity index (χ3n) is 4.99. The van der Waals surface area contributed by atoms with Crippen molar-refractivity contribution in [3.05, 3.63) is 70.3 Å². The summed E-state index contributed by atoms with van der Waals surface area (Å²) in [6.45, 7) is 9.53. The number of esters is 1. The number of carbonyl (C=O) groups is 1. The Kier molecular flexibility index (Phi) is 6.27. The predicted molar refractivity (Wildman–Crippen MR) is 103 cm³/mol. The average Bonchev–Trinajstić information content (AvgIpc) is 2.73. The number of hydrogen-bond donors (Lipinski definition) is 0. The van der Waals surface area contributed by atoms with Gasteiger partial charge in [0.15, 0.2) is 5.69 Å². The van der Waals surface area contributed by atoms with E-state index in [1.807, 2.05) is 4.90 Å². The summed E-state index contributed by atoms with van der Waals surface area (Å²) >= 11 is 0. The summed E-state index contributed by atoms with van der Waals surface area (Å²) in [6, 6.07) is 8.06. The van der Waals surface area contributed by atoms with Crippen molar-refractivity contribution in [1.82, 2.24) is 4.90 Å². The van der Waals surface area contributed by atoms with E-state index in [2.05, 4.69) is 14.5 Å². The molecule has 0 unspecified atom stereocenters. The second kappa shape index (κ2) is 8.71. The van der Waals surface area contributed by atoms with Crippen LogP contribution in [0.1, 0.15) is 21.5 Å². The first-order valence-electron chi connectivity index (χ1n) is 9.15. The van der Waals surface area contributed by atoms with E-state index in [-0.39, 0.29) is 5.56 Å². The van der Waals surface area contributed by atoms with Gasteiger partial charge in [-0.15, -0.1) is 0 Å². The highest BCUT2D eigenvalue weighted by molar-refractivity contribution is 5.89. The second-order valence-electron chi connectivity index (χ2n) is 6.88. The zero-order chi connectivity index (χ0) is 21.9. The molecule has 0 spiro atoms. The van der Waals surface area contributed by atoms with Gasteiger partial charge in [0.05, 0.1) is 24.8 Å². The average molecular weight is 421 g/mol. The Morgan fingerprint density at radius 1 is 1.13 bits per heavy atom. The van der Waals surface area contributed by atoms with Gasteiger partial charge in [-0.2, -0.15) is 13.2 Å². The van der Waals surface area contributed by atoms with Crippen molar-refractivity contribution in [3.63, 3.8) is 0 Å². The molecule has 1 fully saturated rings. The van der Waals surface area contributed by atoms with E-state index in [1.165, 1.54) is 31.4 Å². The van der Waals surface area contributed by atoms with Crippen molar-refractivity contribution < 1.29 is 27.1 Å². The number of halogens is 4. The van der Waals surface area contributed by atoms with E-state index >= 15 is 0 Å². The third-order valence-corrected chi connectivity index (χ3v) is 4.99. The molecule has 3 rings (SSSR count). The minimum Gasteiger partial charge on any atom is -0.465 e. The lowest BCUT2D eigenvalue weighted by atomic mass is 10.1. The lowest BCUT2D eigenvalue weighted by molar-refractivity contribution is -0.136. The molecule has 158 valence electrons. The lowest BCUT2D eigenvalue weighted by Crippen LogP contribution is -2.46. The molecule has 0 aromatic heterocycles. The summed E-state index contributed by atoms with van der Waals surface area (Å²) in [4.78, 5) is 18.3. The molecular formula is C21H19F4N3O2. The standard InChI is InChI=1S/C21H19F4N3O2/c1-26-19-6-4-15(12-17(19)21(23,24)25)28-9-7-27(8-10-28)13-14-3-5-16(18(22)11-14)20(29)30-2/h3-6,11-12H,7-10,13H2,2H3. The van der Waals surface area contributed by atoms with Gasteiger partial charge in [0.1, 0.15) is 5.82 Å². The summed E-state index contributed by atoms with van der Waals surface area (Å²) in [5, 5.41) is 0. The minimum absolute atomic E-state index is 0.130. The molecule has 0 N–H and O–H groups in total. The van der Waals surface area contributed by atoms with Gasteiger partial charge in [0.2, 0.25) is 0 Å². The fourth-order valence-electron chi connectivity index (χ4n) is 3.40. The molecule has 0 bridgehead atoms. The number of rotatable bonds is 4. The van der Waals surface area contributed by atoms with Crippen LogP contribution in [0.4, 0.5) is 28.9 Å². The van der Waals surface area contributed by atoms with Gasteiger partial charge in [0.25, 0.3) is 0 Å². The molecule has 1 aliphatic heterocycles. The molecule has 0 aliphatic carbocycles. The van der Waals surface area contributed by atoms with Crippen LogP contribution in [0.5, 0.6) is 0 Å². The Labute approximate surface area is 171 Å². The largest absolute Gasteiger partial charge is 0.465 e. The third kappa shape index (κ3) is 4.71. The lowest BCUT2D eigenvalue weighted by Gasteiger charge is -2.36. The molecule has 9 heteroatoms. The molecular weight excluding hydrogens is 402 g/mol. The van der Waals surface area contributed by atoms with Gasteiger partial charge >= 0.3 is 12.1 Å². The maximum atomic E-state index is 14.1. The molecule has 1 aliphatic rings. The smallest absolute Gasteiger partial charge is 0.407 e. The van der Waals surface area contributed by atoms with Gasteiger partial charge in [-0.3, -0.25) is 4.90 Å². The summed E-state index contributed by atoms with van der Waals surface area (Å²) in [5.74, 6) is -1.40. The number of benzene rings is 2. The van der Waals surface area contributed by atoms with E-state index in [4.69, 9.17) is 6.57 Å². The van der Waals surface area contributed by atoms with Crippen LogP contribution in [-0.4, -0.2) is 44.2 Å². The molecule has 5 nitrogen and oxygen atoms in total. The zero-order valence-corrected chi connectivity index (χ0v) is 16.2. The SMILES string of the molecule is [C-]#[N+]c1ccc(N2CCN(Cc3ccc(C(=O)OC)c(F)c3)CC2)cc1C(F)(F)F. The Balaban J connectivity index is 1.65. The van der Waals surface area contributed by atoms with Crippen LogP contribution in [0, 0.1) is 12.4 Å². The predicted octanol–water partition coefficient (Wildman–Crippen LogP) is 4.50. The van der Waals surface area contributed by atoms with Crippen LogP contribution >= 0.6 is 0 Å². The number of anilines is 1. The van der Waals surface area contributed by atoms with Gasteiger partial charge in [-0.05, 0) is 29.8 Å². The first-order chi connectivity index (χ1) is 14.2. The second-order valence-corrected chi connectivity index (χ2v) is 6.88. The van der Waals surface area contributed by atoms with Crippen molar-refractivity contribution in [2.75, 3.05) is 38.2 Å². The quantitative estimate of drug-likeness (QED) is 0.414. The number of ether oxygens (including phenoxy) is 1. The highest BCUT2D eigenvalue weighted by Gasteiger charge is 2.34. The summed E-state index contributed by atoms with van der Waals surface area (Å²) in [6.07, 6.45) is -4.59. The topological polar surface area (TPSA) is 37.1 Å². The Morgan fingerprint density at radius 3 is 2.40 bits per heavy atom. The molecule has 30 heavy (non-hydrogen) atoms. The van der Waals surface area contributed by atoms with Crippen LogP contribution in [0.15, 0.2) is 36.4 Å². The van der Waals surface area contributed by atoms with Crippen molar-refractivity contribution in [2.24, 2.45) is 0 Å². The first-order valence-corrected chi connectivity index (χ1v) is 9.15. The van der Waals surface area contributed by atoms with E-state index in [0.717, 1.165) is 6.07 Å². The highest BCUT2D eigenvalue weighted by atomic mass is 19.4. The number of piperazine rings is 1. The highest BCUT2D eigenvalue weighted by Crippen LogP contribution is 2.38. The van der Waals surface area contributed by atoms with Gasteiger partial charge in [-0.25, -0.2) is 14.0 Å². The maximum absolute atomic E-state index is 14.1. The van der Waals surface area contributed by atoms with Crippen LogP contribution in [0.25, 0.3) is 4.85 Å². The van der Waals surface area contributed by atoms with Crippen molar-refractivity contribution >= 4 is 17.3 Å². The fraction of sp³-hybridized carbons (Fsp3) is 0.333. The summed E-state index contributed by atoms with van der Waals surface area (Å²) < 4.78 is 58.2. The molecule has 0 saturated carbocycles. The Morgan fingerprint density at radius 2 is 1.83 bits per heavy atom. The van der Waals surface area contributed by atoms with Gasteiger partial charge in [-0.1, -0.05) is 12.1 Å².